The fraction of sp³-hybridized carbons (Fsp3) is 0.571. The molecule has 0 aliphatic carbocycles. The molecule has 1 aromatic carbocycles. The van der Waals surface area contributed by atoms with Crippen molar-refractivity contribution in [1.82, 2.24) is 4.90 Å². The van der Waals surface area contributed by atoms with E-state index in [2.05, 4.69) is 49.1 Å². The normalized spacial score (nSPS) is 27.9. The summed E-state index contributed by atoms with van der Waals surface area (Å²) in [5, 5.41) is 0. The van der Waals surface area contributed by atoms with Gasteiger partial charge in [0.1, 0.15) is 0 Å². The summed E-state index contributed by atoms with van der Waals surface area (Å²) in [6, 6.07) is 11.0. The molecule has 94 valence electrons. The SMILES string of the molecule is C[C@H]1CN([C@@H](C)c2ccccc2)C[C@@H](CCl)O1. The molecule has 0 unspecified atom stereocenters. The smallest absolute Gasteiger partial charge is 0.0841 e. The quantitative estimate of drug-likeness (QED) is 0.768. The highest BCUT2D eigenvalue weighted by atomic mass is 35.5. The highest BCUT2D eigenvalue weighted by Gasteiger charge is 2.28. The van der Waals surface area contributed by atoms with Crippen molar-refractivity contribution in [3.05, 3.63) is 35.9 Å². The van der Waals surface area contributed by atoms with Crippen LogP contribution >= 0.6 is 11.6 Å². The van der Waals surface area contributed by atoms with Crippen LogP contribution in [0, 0.1) is 0 Å². The Morgan fingerprint density at radius 3 is 2.71 bits per heavy atom. The molecule has 2 nitrogen and oxygen atoms in total. The summed E-state index contributed by atoms with van der Waals surface area (Å²) in [6.07, 6.45) is 0.422. The molecule has 1 aromatic rings. The zero-order valence-electron chi connectivity index (χ0n) is 10.5. The molecule has 0 radical (unpaired) electrons. The lowest BCUT2D eigenvalue weighted by molar-refractivity contribution is -0.0774. The number of hydrogen-bond donors (Lipinski definition) is 0. The van der Waals surface area contributed by atoms with E-state index in [4.69, 9.17) is 16.3 Å². The molecule has 0 spiro atoms. The van der Waals surface area contributed by atoms with Crippen LogP contribution < -0.4 is 0 Å². The number of alkyl halides is 1. The van der Waals surface area contributed by atoms with Crippen molar-refractivity contribution in [1.29, 1.82) is 0 Å². The summed E-state index contributed by atoms with van der Waals surface area (Å²) in [4.78, 5) is 2.45. The lowest BCUT2D eigenvalue weighted by Crippen LogP contribution is -2.48. The summed E-state index contributed by atoms with van der Waals surface area (Å²) < 4.78 is 5.78. The summed E-state index contributed by atoms with van der Waals surface area (Å²) in [6.45, 7) is 6.26. The Labute approximate surface area is 109 Å². The van der Waals surface area contributed by atoms with Crippen molar-refractivity contribution in [2.45, 2.75) is 32.1 Å². The molecule has 1 aliphatic rings. The van der Waals surface area contributed by atoms with E-state index in [-0.39, 0.29) is 12.2 Å². The summed E-state index contributed by atoms with van der Waals surface area (Å²) in [5.74, 6) is 0.572. The molecule has 17 heavy (non-hydrogen) atoms. The van der Waals surface area contributed by atoms with Crippen LogP contribution in [0.5, 0.6) is 0 Å². The molecule has 3 heteroatoms. The van der Waals surface area contributed by atoms with Gasteiger partial charge in [0.05, 0.1) is 12.2 Å². The maximum atomic E-state index is 5.91. The third kappa shape index (κ3) is 3.21. The van der Waals surface area contributed by atoms with Crippen LogP contribution in [0.25, 0.3) is 0 Å². The number of benzene rings is 1. The van der Waals surface area contributed by atoms with Crippen LogP contribution in [0.1, 0.15) is 25.5 Å². The van der Waals surface area contributed by atoms with Crippen molar-refractivity contribution in [2.75, 3.05) is 19.0 Å². The van der Waals surface area contributed by atoms with Gasteiger partial charge >= 0.3 is 0 Å². The molecular weight excluding hydrogens is 234 g/mol. The van der Waals surface area contributed by atoms with Gasteiger partial charge in [0.2, 0.25) is 0 Å². The predicted molar refractivity (Wildman–Crippen MR) is 71.5 cm³/mol. The van der Waals surface area contributed by atoms with Gasteiger partial charge in [-0.3, -0.25) is 4.90 Å². The van der Waals surface area contributed by atoms with Gasteiger partial charge in [0.25, 0.3) is 0 Å². The third-order valence-corrected chi connectivity index (χ3v) is 3.70. The first-order valence-corrected chi connectivity index (χ1v) is 6.74. The molecule has 0 saturated carbocycles. The van der Waals surface area contributed by atoms with Crippen molar-refractivity contribution in [2.24, 2.45) is 0 Å². The Kier molecular flexibility index (Phi) is 4.43. The number of ether oxygens (including phenoxy) is 1. The molecule has 0 aromatic heterocycles. The minimum absolute atomic E-state index is 0.159. The molecule has 1 fully saturated rings. The number of morpholine rings is 1. The standard InChI is InChI=1S/C14H20ClNO/c1-11-9-16(10-14(8-15)17-11)12(2)13-6-4-3-5-7-13/h3-7,11-12,14H,8-10H2,1-2H3/t11-,12-,14+/m0/s1. The number of halogens is 1. The van der Waals surface area contributed by atoms with Gasteiger partial charge in [-0.2, -0.15) is 0 Å². The Balaban J connectivity index is 2.06. The Morgan fingerprint density at radius 2 is 2.06 bits per heavy atom. The fourth-order valence-electron chi connectivity index (χ4n) is 2.42. The number of rotatable bonds is 3. The minimum atomic E-state index is 0.159. The first kappa shape index (κ1) is 12.9. The molecule has 1 aliphatic heterocycles. The van der Waals surface area contributed by atoms with Gasteiger partial charge in [-0.1, -0.05) is 30.3 Å². The molecule has 0 N–H and O–H groups in total. The molecular formula is C14H20ClNO. The summed E-state index contributed by atoms with van der Waals surface area (Å²) in [5.41, 5.74) is 1.36. The van der Waals surface area contributed by atoms with Crippen LogP contribution in [0.3, 0.4) is 0 Å². The lowest BCUT2D eigenvalue weighted by Gasteiger charge is -2.39. The lowest BCUT2D eigenvalue weighted by atomic mass is 10.1. The third-order valence-electron chi connectivity index (χ3n) is 3.36. The van der Waals surface area contributed by atoms with E-state index in [0.717, 1.165) is 13.1 Å². The van der Waals surface area contributed by atoms with Crippen LogP contribution in [0.15, 0.2) is 30.3 Å². The van der Waals surface area contributed by atoms with E-state index >= 15 is 0 Å². The van der Waals surface area contributed by atoms with Crippen molar-refractivity contribution >= 4 is 11.6 Å². The average molecular weight is 254 g/mol. The van der Waals surface area contributed by atoms with E-state index in [1.165, 1.54) is 5.56 Å². The Hall–Kier alpha value is -0.570. The van der Waals surface area contributed by atoms with E-state index in [0.29, 0.717) is 11.9 Å². The van der Waals surface area contributed by atoms with Crippen LogP contribution in [-0.4, -0.2) is 36.1 Å². The van der Waals surface area contributed by atoms with Gasteiger partial charge in [0.15, 0.2) is 0 Å². The molecule has 1 saturated heterocycles. The first-order chi connectivity index (χ1) is 8.20. The number of hydrogen-bond acceptors (Lipinski definition) is 2. The van der Waals surface area contributed by atoms with Crippen LogP contribution in [-0.2, 0) is 4.74 Å². The van der Waals surface area contributed by atoms with Crippen LogP contribution in [0.4, 0.5) is 0 Å². The zero-order chi connectivity index (χ0) is 12.3. The van der Waals surface area contributed by atoms with Crippen molar-refractivity contribution in [3.63, 3.8) is 0 Å². The predicted octanol–water partition coefficient (Wildman–Crippen LogP) is 3.08. The van der Waals surface area contributed by atoms with E-state index < -0.39 is 0 Å². The monoisotopic (exact) mass is 253 g/mol. The number of nitrogens with zero attached hydrogens (tertiary/aromatic N) is 1. The average Bonchev–Trinajstić information content (AvgIpc) is 2.38. The van der Waals surface area contributed by atoms with Gasteiger partial charge in [-0.25, -0.2) is 0 Å². The van der Waals surface area contributed by atoms with Gasteiger partial charge in [-0.05, 0) is 19.4 Å². The second kappa shape index (κ2) is 5.85. The highest BCUT2D eigenvalue weighted by Crippen LogP contribution is 2.24. The minimum Gasteiger partial charge on any atom is -0.371 e. The molecule has 1 heterocycles. The second-order valence-electron chi connectivity index (χ2n) is 4.76. The fourth-order valence-corrected chi connectivity index (χ4v) is 2.60. The van der Waals surface area contributed by atoms with E-state index in [1.807, 2.05) is 0 Å². The molecule has 3 atom stereocenters. The summed E-state index contributed by atoms with van der Waals surface area (Å²) in [7, 11) is 0. The van der Waals surface area contributed by atoms with Crippen molar-refractivity contribution in [3.8, 4) is 0 Å². The van der Waals surface area contributed by atoms with Gasteiger partial charge < -0.3 is 4.74 Å². The maximum absolute atomic E-state index is 5.91. The largest absolute Gasteiger partial charge is 0.371 e. The maximum Gasteiger partial charge on any atom is 0.0841 e. The molecule has 2 rings (SSSR count). The topological polar surface area (TPSA) is 12.5 Å². The first-order valence-electron chi connectivity index (χ1n) is 6.21. The van der Waals surface area contributed by atoms with Crippen molar-refractivity contribution < 1.29 is 4.74 Å². The van der Waals surface area contributed by atoms with E-state index in [9.17, 15) is 0 Å². The molecule has 0 amide bonds. The van der Waals surface area contributed by atoms with E-state index in [1.54, 1.807) is 0 Å². The van der Waals surface area contributed by atoms with Gasteiger partial charge in [0, 0.05) is 25.0 Å². The molecule has 0 bridgehead atoms. The zero-order valence-corrected chi connectivity index (χ0v) is 11.2. The Morgan fingerprint density at radius 1 is 1.35 bits per heavy atom. The highest BCUT2D eigenvalue weighted by molar-refractivity contribution is 6.18. The summed E-state index contributed by atoms with van der Waals surface area (Å²) >= 11 is 5.91. The van der Waals surface area contributed by atoms with Gasteiger partial charge in [-0.15, -0.1) is 11.6 Å². The van der Waals surface area contributed by atoms with Crippen LogP contribution in [0.2, 0.25) is 0 Å². The second-order valence-corrected chi connectivity index (χ2v) is 5.07. The Bertz CT molecular complexity index is 343.